The number of rotatable bonds is 4. The van der Waals surface area contributed by atoms with Crippen molar-refractivity contribution in [1.82, 2.24) is 21.1 Å². The van der Waals surface area contributed by atoms with Crippen LogP contribution in [-0.4, -0.2) is 33.5 Å². The molecular formula is C10H16N8O4S. The SMILES string of the molecule is COC(=O)NNC(N)=Nc1ccccc1S(=O)(=O)NNC(=N)N. The van der Waals surface area contributed by atoms with Crippen molar-refractivity contribution in [1.29, 1.82) is 5.41 Å². The summed E-state index contributed by atoms with van der Waals surface area (Å²) < 4.78 is 28.5. The van der Waals surface area contributed by atoms with Gasteiger partial charge >= 0.3 is 6.09 Å². The highest BCUT2D eigenvalue weighted by Crippen LogP contribution is 2.22. The van der Waals surface area contributed by atoms with Gasteiger partial charge in [-0.15, -0.1) is 4.83 Å². The molecule has 0 unspecified atom stereocenters. The molecule has 0 saturated heterocycles. The lowest BCUT2D eigenvalue weighted by Gasteiger charge is -2.11. The fourth-order valence-corrected chi connectivity index (χ4v) is 2.28. The molecule has 1 rings (SSSR count). The molecule has 0 aliphatic rings. The van der Waals surface area contributed by atoms with E-state index in [-0.39, 0.29) is 16.5 Å². The lowest BCUT2D eigenvalue weighted by atomic mass is 10.3. The molecule has 23 heavy (non-hydrogen) atoms. The number of carbonyl (C=O) groups is 1. The first-order valence-corrected chi connectivity index (χ1v) is 7.39. The highest BCUT2D eigenvalue weighted by Gasteiger charge is 2.18. The molecule has 0 spiro atoms. The summed E-state index contributed by atoms with van der Waals surface area (Å²) in [5, 5.41) is 6.95. The molecule has 0 atom stereocenters. The first-order valence-electron chi connectivity index (χ1n) is 5.91. The van der Waals surface area contributed by atoms with Crippen LogP contribution in [0.1, 0.15) is 0 Å². The Morgan fingerprint density at radius 2 is 1.87 bits per heavy atom. The van der Waals surface area contributed by atoms with E-state index >= 15 is 0 Å². The van der Waals surface area contributed by atoms with E-state index in [4.69, 9.17) is 16.9 Å². The number of carbonyl (C=O) groups excluding carboxylic acids is 1. The second kappa shape index (κ2) is 7.81. The molecule has 0 aliphatic heterocycles. The summed E-state index contributed by atoms with van der Waals surface area (Å²) in [5.74, 6) is -0.865. The number of nitrogens with one attached hydrogen (secondary N) is 5. The monoisotopic (exact) mass is 344 g/mol. The number of amides is 1. The number of ether oxygens (including phenoxy) is 1. The zero-order valence-corrected chi connectivity index (χ0v) is 12.8. The second-order valence-corrected chi connectivity index (χ2v) is 5.50. The predicted molar refractivity (Wildman–Crippen MR) is 81.8 cm³/mol. The first kappa shape index (κ1) is 18.0. The Labute approximate surface area is 131 Å². The van der Waals surface area contributed by atoms with Crippen LogP contribution in [0.3, 0.4) is 0 Å². The topological polar surface area (TPSA) is 197 Å². The van der Waals surface area contributed by atoms with E-state index in [9.17, 15) is 13.2 Å². The summed E-state index contributed by atoms with van der Waals surface area (Å²) in [6, 6.07) is 5.66. The van der Waals surface area contributed by atoms with Crippen molar-refractivity contribution >= 4 is 33.7 Å². The van der Waals surface area contributed by atoms with Crippen LogP contribution in [0, 0.1) is 5.41 Å². The van der Waals surface area contributed by atoms with Crippen molar-refractivity contribution in [2.45, 2.75) is 4.90 Å². The average Bonchev–Trinajstić information content (AvgIpc) is 2.51. The Bertz CT molecular complexity index is 717. The maximum atomic E-state index is 12.1. The fraction of sp³-hybridized carbons (Fsp3) is 0.100. The normalized spacial score (nSPS) is 11.4. The summed E-state index contributed by atoms with van der Waals surface area (Å²) >= 11 is 0. The number of methoxy groups -OCH3 is 1. The molecule has 1 aromatic carbocycles. The van der Waals surface area contributed by atoms with Gasteiger partial charge < -0.3 is 16.2 Å². The number of guanidine groups is 2. The standard InChI is InChI=1S/C10H16N8O4S/c1-22-10(19)17-16-9(13)14-6-4-2-3-5-7(6)23(20,21)18-15-8(11)12/h2-5,18H,1H3,(H,17,19)(H4,11,12,15)(H3,13,14,16). The van der Waals surface area contributed by atoms with Crippen molar-refractivity contribution in [2.75, 3.05) is 7.11 Å². The van der Waals surface area contributed by atoms with E-state index in [1.807, 2.05) is 10.3 Å². The average molecular weight is 344 g/mol. The van der Waals surface area contributed by atoms with E-state index in [1.165, 1.54) is 24.3 Å². The minimum Gasteiger partial charge on any atom is -0.452 e. The molecule has 13 heteroatoms. The van der Waals surface area contributed by atoms with E-state index in [1.54, 1.807) is 0 Å². The molecule has 1 amide bonds. The van der Waals surface area contributed by atoms with Gasteiger partial charge in [0.15, 0.2) is 0 Å². The molecule has 0 aliphatic carbocycles. The maximum Gasteiger partial charge on any atom is 0.425 e. The minimum atomic E-state index is -4.05. The number of benzene rings is 1. The van der Waals surface area contributed by atoms with Crippen molar-refractivity contribution in [3.05, 3.63) is 24.3 Å². The largest absolute Gasteiger partial charge is 0.452 e. The quantitative estimate of drug-likeness (QED) is 0.188. The summed E-state index contributed by atoms with van der Waals surface area (Å²) in [6.45, 7) is 0. The Balaban J connectivity index is 3.01. The van der Waals surface area contributed by atoms with Crippen LogP contribution in [0.2, 0.25) is 0 Å². The zero-order valence-electron chi connectivity index (χ0n) is 12.0. The minimum absolute atomic E-state index is 0.0120. The molecule has 0 bridgehead atoms. The van der Waals surface area contributed by atoms with Crippen LogP contribution in [0.15, 0.2) is 34.2 Å². The Morgan fingerprint density at radius 3 is 2.48 bits per heavy atom. The molecule has 0 aromatic heterocycles. The van der Waals surface area contributed by atoms with Crippen LogP contribution in [-0.2, 0) is 14.8 Å². The molecule has 12 nitrogen and oxygen atoms in total. The van der Waals surface area contributed by atoms with Crippen LogP contribution < -0.4 is 32.6 Å². The van der Waals surface area contributed by atoms with Gasteiger partial charge in [-0.2, -0.15) is 0 Å². The number of hydrazine groups is 2. The van der Waals surface area contributed by atoms with Gasteiger partial charge in [0.05, 0.1) is 12.8 Å². The molecule has 0 fully saturated rings. The molecule has 126 valence electrons. The van der Waals surface area contributed by atoms with Gasteiger partial charge in [-0.1, -0.05) is 12.1 Å². The molecule has 1 aromatic rings. The highest BCUT2D eigenvalue weighted by molar-refractivity contribution is 7.89. The van der Waals surface area contributed by atoms with Gasteiger partial charge in [0, 0.05) is 0 Å². The molecule has 9 N–H and O–H groups in total. The van der Waals surface area contributed by atoms with Crippen LogP contribution in [0.5, 0.6) is 0 Å². The van der Waals surface area contributed by atoms with E-state index < -0.39 is 22.1 Å². The summed E-state index contributed by atoms with van der Waals surface area (Å²) in [5.41, 5.74) is 16.8. The summed E-state index contributed by atoms with van der Waals surface area (Å²) in [7, 11) is -2.90. The Kier molecular flexibility index (Phi) is 6.11. The molecule has 0 heterocycles. The van der Waals surface area contributed by atoms with Gasteiger partial charge in [-0.05, 0) is 12.1 Å². The fourth-order valence-electron chi connectivity index (χ4n) is 1.28. The third-order valence-corrected chi connectivity index (χ3v) is 3.49. The van der Waals surface area contributed by atoms with Gasteiger partial charge in [0.25, 0.3) is 10.0 Å². The van der Waals surface area contributed by atoms with Gasteiger partial charge in [0.2, 0.25) is 11.9 Å². The second-order valence-electron chi connectivity index (χ2n) is 3.85. The van der Waals surface area contributed by atoms with Crippen molar-refractivity contribution in [3.63, 3.8) is 0 Å². The zero-order chi connectivity index (χ0) is 17.5. The van der Waals surface area contributed by atoms with Crippen LogP contribution >= 0.6 is 0 Å². The van der Waals surface area contributed by atoms with Crippen LogP contribution in [0.25, 0.3) is 0 Å². The van der Waals surface area contributed by atoms with E-state index in [2.05, 4.69) is 20.6 Å². The first-order chi connectivity index (χ1) is 10.8. The Hall–Kier alpha value is -3.06. The van der Waals surface area contributed by atoms with Crippen molar-refractivity contribution < 1.29 is 17.9 Å². The van der Waals surface area contributed by atoms with E-state index in [0.717, 1.165) is 7.11 Å². The van der Waals surface area contributed by atoms with Crippen molar-refractivity contribution in [2.24, 2.45) is 16.5 Å². The Morgan fingerprint density at radius 1 is 1.22 bits per heavy atom. The smallest absolute Gasteiger partial charge is 0.425 e. The maximum absolute atomic E-state index is 12.1. The van der Waals surface area contributed by atoms with Gasteiger partial charge in [-0.3, -0.25) is 16.3 Å². The molecular weight excluding hydrogens is 328 g/mol. The number of aliphatic imine (C=N–C) groups is 1. The number of sulfonamides is 1. The summed E-state index contributed by atoms with van der Waals surface area (Å²) in [6.07, 6.45) is -0.809. The predicted octanol–water partition coefficient (Wildman–Crippen LogP) is -1.83. The molecule has 0 saturated carbocycles. The van der Waals surface area contributed by atoms with Crippen molar-refractivity contribution in [3.8, 4) is 0 Å². The number of para-hydroxylation sites is 1. The van der Waals surface area contributed by atoms with Crippen LogP contribution in [0.4, 0.5) is 10.5 Å². The summed E-state index contributed by atoms with van der Waals surface area (Å²) in [4.78, 5) is 16.4. The van der Waals surface area contributed by atoms with Gasteiger partial charge in [0.1, 0.15) is 4.90 Å². The number of hydrogen-bond donors (Lipinski definition) is 7. The lowest BCUT2D eigenvalue weighted by molar-refractivity contribution is 0.168. The third-order valence-electron chi connectivity index (χ3n) is 2.19. The third kappa shape index (κ3) is 5.68. The number of nitrogens with two attached hydrogens (primary N) is 2. The highest BCUT2D eigenvalue weighted by atomic mass is 32.2. The number of hydrogen-bond acceptors (Lipinski definition) is 6. The van der Waals surface area contributed by atoms with Gasteiger partial charge in [-0.25, -0.2) is 23.6 Å². The number of nitrogens with zero attached hydrogens (tertiary/aromatic N) is 1. The lowest BCUT2D eigenvalue weighted by Crippen LogP contribution is -2.45. The van der Waals surface area contributed by atoms with E-state index in [0.29, 0.717) is 0 Å². The molecule has 0 radical (unpaired) electrons.